The van der Waals surface area contributed by atoms with E-state index in [4.69, 9.17) is 0 Å². The van der Waals surface area contributed by atoms with Crippen LogP contribution < -0.4 is 5.32 Å². The molecule has 104 valence electrons. The van der Waals surface area contributed by atoms with Crippen LogP contribution in [0.25, 0.3) is 0 Å². The van der Waals surface area contributed by atoms with Gasteiger partial charge in [-0.25, -0.2) is 0 Å². The monoisotopic (exact) mass is 261 g/mol. The van der Waals surface area contributed by atoms with Crippen LogP contribution in [0.5, 0.6) is 5.75 Å². The quantitative estimate of drug-likeness (QED) is 0.764. The van der Waals surface area contributed by atoms with Crippen LogP contribution in [0.4, 0.5) is 0 Å². The van der Waals surface area contributed by atoms with Gasteiger partial charge in [0, 0.05) is 12.1 Å². The zero-order valence-electron chi connectivity index (χ0n) is 11.5. The molecule has 0 amide bonds. The summed E-state index contributed by atoms with van der Waals surface area (Å²) in [5.74, 6) is 1.38. The summed E-state index contributed by atoms with van der Waals surface area (Å²) in [7, 11) is 2.03. The Morgan fingerprint density at radius 1 is 1.37 bits per heavy atom. The Balaban J connectivity index is 2.03. The highest BCUT2D eigenvalue weighted by molar-refractivity contribution is 5.42. The van der Waals surface area contributed by atoms with Crippen LogP contribution in [-0.4, -0.2) is 23.9 Å². The fourth-order valence-electron chi connectivity index (χ4n) is 4.23. The van der Waals surface area contributed by atoms with E-state index in [0.717, 1.165) is 25.7 Å². The Kier molecular flexibility index (Phi) is 3.27. The number of nitrogens with one attached hydrogen (secondary N) is 1. The van der Waals surface area contributed by atoms with Gasteiger partial charge < -0.3 is 15.5 Å². The lowest BCUT2D eigenvalue weighted by Crippen LogP contribution is -2.52. The Hall–Kier alpha value is -1.06. The lowest BCUT2D eigenvalue weighted by atomic mass is 9.60. The first-order valence-electron chi connectivity index (χ1n) is 7.31. The number of fused-ring (bicyclic) bond motifs is 3. The van der Waals surface area contributed by atoms with Crippen LogP contribution in [0, 0.1) is 11.8 Å². The maximum atomic E-state index is 9.82. The van der Waals surface area contributed by atoms with Gasteiger partial charge in [-0.1, -0.05) is 6.07 Å². The van der Waals surface area contributed by atoms with Crippen molar-refractivity contribution in [2.75, 3.05) is 13.7 Å². The highest BCUT2D eigenvalue weighted by atomic mass is 16.3. The Labute approximate surface area is 114 Å². The van der Waals surface area contributed by atoms with Crippen molar-refractivity contribution in [3.05, 3.63) is 29.3 Å². The second-order valence-electron chi connectivity index (χ2n) is 6.12. The van der Waals surface area contributed by atoms with E-state index < -0.39 is 0 Å². The Bertz CT molecular complexity index is 474. The average Bonchev–Trinajstić information content (AvgIpc) is 2.46. The molecule has 1 aromatic rings. The topological polar surface area (TPSA) is 52.5 Å². The lowest BCUT2D eigenvalue weighted by Gasteiger charge is -2.50. The van der Waals surface area contributed by atoms with Crippen LogP contribution in [0.2, 0.25) is 0 Å². The summed E-state index contributed by atoms with van der Waals surface area (Å²) in [6.45, 7) is 0.309. The van der Waals surface area contributed by atoms with Crippen molar-refractivity contribution in [2.24, 2.45) is 11.8 Å². The predicted octanol–water partition coefficient (Wildman–Crippen LogP) is 2.16. The number of hydrogen-bond donors (Lipinski definition) is 3. The minimum atomic E-state index is -0.00199. The number of phenolic OH excluding ortho intramolecular Hbond substituents is 1. The SMILES string of the molecule is CNC12CCC(CO)CC1CCc1ccc(O)cc12. The molecule has 1 saturated carbocycles. The molecular formula is C16H23NO2. The zero-order chi connectivity index (χ0) is 13.5. The summed E-state index contributed by atoms with van der Waals surface area (Å²) < 4.78 is 0. The number of aliphatic hydroxyl groups excluding tert-OH is 1. The molecule has 0 spiro atoms. The third kappa shape index (κ3) is 1.96. The maximum absolute atomic E-state index is 9.82. The molecule has 2 aliphatic rings. The standard InChI is InChI=1S/C16H23NO2/c1-17-16-7-6-11(10-18)8-13(16)4-2-12-3-5-14(19)9-15(12)16/h3,5,9,11,13,17-19H,2,4,6-8,10H2,1H3. The van der Waals surface area contributed by atoms with Crippen LogP contribution in [0.1, 0.15) is 36.8 Å². The van der Waals surface area contributed by atoms with Crippen molar-refractivity contribution in [1.29, 1.82) is 0 Å². The molecule has 0 aliphatic heterocycles. The van der Waals surface area contributed by atoms with Crippen LogP contribution >= 0.6 is 0 Å². The molecule has 0 radical (unpaired) electrons. The molecule has 1 aromatic carbocycles. The van der Waals surface area contributed by atoms with Gasteiger partial charge in [-0.2, -0.15) is 0 Å². The normalized spacial score (nSPS) is 33.6. The van der Waals surface area contributed by atoms with E-state index in [1.165, 1.54) is 17.5 Å². The van der Waals surface area contributed by atoms with Gasteiger partial charge in [-0.15, -0.1) is 0 Å². The van der Waals surface area contributed by atoms with E-state index in [1.807, 2.05) is 13.1 Å². The van der Waals surface area contributed by atoms with Crippen molar-refractivity contribution in [3.63, 3.8) is 0 Å². The molecular weight excluding hydrogens is 238 g/mol. The number of aromatic hydroxyl groups is 1. The number of phenols is 1. The fourth-order valence-corrected chi connectivity index (χ4v) is 4.23. The molecule has 3 heteroatoms. The summed E-state index contributed by atoms with van der Waals surface area (Å²) in [5.41, 5.74) is 2.64. The van der Waals surface area contributed by atoms with Crippen molar-refractivity contribution < 1.29 is 10.2 Å². The summed E-state index contributed by atoms with van der Waals surface area (Å²) in [6, 6.07) is 5.80. The number of hydrogen-bond acceptors (Lipinski definition) is 3. The van der Waals surface area contributed by atoms with Crippen LogP contribution in [0.15, 0.2) is 18.2 Å². The molecule has 3 nitrogen and oxygen atoms in total. The first-order chi connectivity index (χ1) is 9.19. The zero-order valence-corrected chi connectivity index (χ0v) is 11.5. The van der Waals surface area contributed by atoms with Crippen LogP contribution in [0.3, 0.4) is 0 Å². The molecule has 0 aromatic heterocycles. The smallest absolute Gasteiger partial charge is 0.115 e. The molecule has 3 unspecified atom stereocenters. The van der Waals surface area contributed by atoms with Crippen molar-refractivity contribution >= 4 is 0 Å². The van der Waals surface area contributed by atoms with Gasteiger partial charge in [-0.05, 0) is 74.2 Å². The second-order valence-corrected chi connectivity index (χ2v) is 6.12. The lowest BCUT2D eigenvalue weighted by molar-refractivity contribution is 0.0655. The first kappa shape index (κ1) is 12.9. The van der Waals surface area contributed by atoms with E-state index >= 15 is 0 Å². The summed E-state index contributed by atoms with van der Waals surface area (Å²) in [5, 5.41) is 22.8. The Morgan fingerprint density at radius 2 is 2.21 bits per heavy atom. The summed E-state index contributed by atoms with van der Waals surface area (Å²) in [6.07, 6.45) is 5.46. The van der Waals surface area contributed by atoms with Gasteiger partial charge in [0.15, 0.2) is 0 Å². The third-order valence-electron chi connectivity index (χ3n) is 5.30. The van der Waals surface area contributed by atoms with Crippen molar-refractivity contribution in [3.8, 4) is 5.75 Å². The van der Waals surface area contributed by atoms with E-state index in [2.05, 4.69) is 11.4 Å². The summed E-state index contributed by atoms with van der Waals surface area (Å²) in [4.78, 5) is 0. The second kappa shape index (κ2) is 4.80. The van der Waals surface area contributed by atoms with E-state index in [9.17, 15) is 10.2 Å². The number of benzene rings is 1. The van der Waals surface area contributed by atoms with Gasteiger partial charge >= 0.3 is 0 Å². The fraction of sp³-hybridized carbons (Fsp3) is 0.625. The third-order valence-corrected chi connectivity index (χ3v) is 5.30. The molecule has 0 heterocycles. The largest absolute Gasteiger partial charge is 0.508 e. The minimum Gasteiger partial charge on any atom is -0.508 e. The predicted molar refractivity (Wildman–Crippen MR) is 75.1 cm³/mol. The molecule has 19 heavy (non-hydrogen) atoms. The highest BCUT2D eigenvalue weighted by Crippen LogP contribution is 2.50. The average molecular weight is 261 g/mol. The Morgan fingerprint density at radius 3 is 2.95 bits per heavy atom. The molecule has 3 atom stereocenters. The molecule has 0 bridgehead atoms. The number of aliphatic hydroxyl groups is 1. The van der Waals surface area contributed by atoms with Gasteiger partial charge in [0.25, 0.3) is 0 Å². The van der Waals surface area contributed by atoms with E-state index in [1.54, 1.807) is 6.07 Å². The highest BCUT2D eigenvalue weighted by Gasteiger charge is 2.46. The van der Waals surface area contributed by atoms with Gasteiger partial charge in [0.05, 0.1) is 0 Å². The van der Waals surface area contributed by atoms with Gasteiger partial charge in [-0.3, -0.25) is 0 Å². The maximum Gasteiger partial charge on any atom is 0.115 e. The minimum absolute atomic E-state index is 0.00199. The number of rotatable bonds is 2. The van der Waals surface area contributed by atoms with E-state index in [-0.39, 0.29) is 5.54 Å². The number of aryl methyl sites for hydroxylation is 1. The molecule has 1 fully saturated rings. The molecule has 3 rings (SSSR count). The van der Waals surface area contributed by atoms with E-state index in [0.29, 0.717) is 24.2 Å². The van der Waals surface area contributed by atoms with Gasteiger partial charge in [0.2, 0.25) is 0 Å². The summed E-state index contributed by atoms with van der Waals surface area (Å²) >= 11 is 0. The first-order valence-corrected chi connectivity index (χ1v) is 7.31. The van der Waals surface area contributed by atoms with Crippen molar-refractivity contribution in [1.82, 2.24) is 5.32 Å². The van der Waals surface area contributed by atoms with Gasteiger partial charge in [0.1, 0.15) is 5.75 Å². The molecule has 0 saturated heterocycles. The molecule has 2 aliphatic carbocycles. The molecule has 3 N–H and O–H groups in total. The van der Waals surface area contributed by atoms with Crippen LogP contribution in [-0.2, 0) is 12.0 Å². The van der Waals surface area contributed by atoms with Crippen molar-refractivity contribution in [2.45, 2.75) is 37.6 Å².